The fourth-order valence-electron chi connectivity index (χ4n) is 5.69. The molecule has 0 bridgehead atoms. The zero-order chi connectivity index (χ0) is 37.7. The summed E-state index contributed by atoms with van der Waals surface area (Å²) in [5, 5.41) is 30.7. The van der Waals surface area contributed by atoms with Crippen LogP contribution >= 0.6 is 0 Å². The van der Waals surface area contributed by atoms with Crippen LogP contribution in [0.1, 0.15) is 149 Å². The number of carbonyl (C=O) groups is 2. The highest BCUT2D eigenvalue weighted by Crippen LogP contribution is 2.24. The molecule has 0 amide bonds. The van der Waals surface area contributed by atoms with Crippen molar-refractivity contribution in [2.24, 2.45) is 0 Å². The SMILES string of the molecule is CCCC/C=C/C/C=C/CCCCCCCC(=O)O[C@H](COC(=O)CCCCCCCCCCC)CO[C@H]1O[C@H](CS(=O)(=O)O)[C@@H](O)C(O)C1O. The zero-order valence-electron chi connectivity index (χ0n) is 31.2. The quantitative estimate of drug-likeness (QED) is 0.0262. The number of hydrogen-bond donors (Lipinski definition) is 4. The normalized spacial score (nSPS) is 21.7. The van der Waals surface area contributed by atoms with Gasteiger partial charge in [-0.25, -0.2) is 0 Å². The smallest absolute Gasteiger partial charge is 0.306 e. The van der Waals surface area contributed by atoms with Crippen molar-refractivity contribution in [1.82, 2.24) is 0 Å². The molecule has 2 unspecified atom stereocenters. The third-order valence-electron chi connectivity index (χ3n) is 8.78. The van der Waals surface area contributed by atoms with E-state index in [1.54, 1.807) is 0 Å². The van der Waals surface area contributed by atoms with E-state index in [-0.39, 0.29) is 19.4 Å². The lowest BCUT2D eigenvalue weighted by atomic mass is 10.00. The molecule has 4 N–H and O–H groups in total. The Morgan fingerprint density at radius 1 is 0.667 bits per heavy atom. The number of ether oxygens (including phenoxy) is 4. The molecule has 1 heterocycles. The van der Waals surface area contributed by atoms with E-state index in [9.17, 15) is 37.9 Å². The molecule has 1 aliphatic heterocycles. The fraction of sp³-hybridized carbons (Fsp3) is 0.842. The second kappa shape index (κ2) is 29.6. The molecular formula is C38H68O12S. The number of rotatable bonds is 31. The summed E-state index contributed by atoms with van der Waals surface area (Å²) in [6.45, 7) is 3.65. The number of aliphatic hydroxyl groups is 3. The lowest BCUT2D eigenvalue weighted by Crippen LogP contribution is -2.60. The molecule has 0 aromatic carbocycles. The Bertz CT molecular complexity index is 1060. The molecule has 1 aliphatic rings. The Kier molecular flexibility index (Phi) is 27.3. The van der Waals surface area contributed by atoms with Gasteiger partial charge in [0.2, 0.25) is 0 Å². The Hall–Kier alpha value is -1.87. The van der Waals surface area contributed by atoms with Gasteiger partial charge in [0.1, 0.15) is 36.8 Å². The topological polar surface area (TPSA) is 186 Å². The summed E-state index contributed by atoms with van der Waals surface area (Å²) in [5.74, 6) is -2.00. The summed E-state index contributed by atoms with van der Waals surface area (Å²) in [4.78, 5) is 25.2. The van der Waals surface area contributed by atoms with Crippen molar-refractivity contribution in [2.45, 2.75) is 185 Å². The van der Waals surface area contributed by atoms with E-state index in [2.05, 4.69) is 38.2 Å². The second-order valence-corrected chi connectivity index (χ2v) is 15.1. The van der Waals surface area contributed by atoms with Gasteiger partial charge in [-0.05, 0) is 38.5 Å². The maximum absolute atomic E-state index is 12.7. The average Bonchev–Trinajstić information content (AvgIpc) is 3.09. The highest BCUT2D eigenvalue weighted by molar-refractivity contribution is 7.85. The molecule has 0 aliphatic carbocycles. The first-order valence-electron chi connectivity index (χ1n) is 19.4. The van der Waals surface area contributed by atoms with Crippen LogP contribution in [0.4, 0.5) is 0 Å². The van der Waals surface area contributed by atoms with Crippen LogP contribution in [0.2, 0.25) is 0 Å². The molecule has 51 heavy (non-hydrogen) atoms. The first-order chi connectivity index (χ1) is 24.5. The van der Waals surface area contributed by atoms with E-state index in [1.807, 2.05) is 0 Å². The predicted molar refractivity (Wildman–Crippen MR) is 196 cm³/mol. The van der Waals surface area contributed by atoms with Crippen molar-refractivity contribution < 1.29 is 56.8 Å². The number of allylic oxidation sites excluding steroid dienone is 4. The Morgan fingerprint density at radius 2 is 1.20 bits per heavy atom. The number of esters is 2. The van der Waals surface area contributed by atoms with Gasteiger partial charge in [-0.3, -0.25) is 14.1 Å². The van der Waals surface area contributed by atoms with Gasteiger partial charge in [-0.2, -0.15) is 8.42 Å². The monoisotopic (exact) mass is 748 g/mol. The molecule has 6 atom stereocenters. The van der Waals surface area contributed by atoms with E-state index in [0.29, 0.717) is 12.8 Å². The maximum atomic E-state index is 12.7. The summed E-state index contributed by atoms with van der Waals surface area (Å²) in [5.41, 5.74) is 0. The van der Waals surface area contributed by atoms with Crippen LogP contribution < -0.4 is 0 Å². The van der Waals surface area contributed by atoms with E-state index in [4.69, 9.17) is 18.9 Å². The molecule has 13 heteroatoms. The molecular weight excluding hydrogens is 680 g/mol. The Morgan fingerprint density at radius 3 is 1.78 bits per heavy atom. The van der Waals surface area contributed by atoms with Gasteiger partial charge in [0.05, 0.1) is 6.61 Å². The molecule has 298 valence electrons. The second-order valence-electron chi connectivity index (χ2n) is 13.6. The van der Waals surface area contributed by atoms with Crippen molar-refractivity contribution in [3.8, 4) is 0 Å². The molecule has 0 spiro atoms. The number of hydrogen-bond acceptors (Lipinski definition) is 11. The molecule has 12 nitrogen and oxygen atoms in total. The largest absolute Gasteiger partial charge is 0.462 e. The average molecular weight is 749 g/mol. The van der Waals surface area contributed by atoms with E-state index in [1.165, 1.54) is 44.9 Å². The molecule has 0 radical (unpaired) electrons. The van der Waals surface area contributed by atoms with Crippen molar-refractivity contribution >= 4 is 22.1 Å². The van der Waals surface area contributed by atoms with Crippen LogP contribution in [-0.4, -0.2) is 96.0 Å². The first kappa shape index (κ1) is 47.2. The van der Waals surface area contributed by atoms with Gasteiger partial charge in [0.25, 0.3) is 10.1 Å². The third-order valence-corrected chi connectivity index (χ3v) is 9.53. The molecule has 1 fully saturated rings. The van der Waals surface area contributed by atoms with Crippen LogP contribution in [-0.2, 0) is 38.7 Å². The summed E-state index contributed by atoms with van der Waals surface area (Å²) in [6.07, 6.45) is 19.6. The summed E-state index contributed by atoms with van der Waals surface area (Å²) >= 11 is 0. The molecule has 1 saturated heterocycles. The fourth-order valence-corrected chi connectivity index (χ4v) is 6.38. The van der Waals surface area contributed by atoms with E-state index < -0.39 is 71.2 Å². The zero-order valence-corrected chi connectivity index (χ0v) is 32.0. The van der Waals surface area contributed by atoms with E-state index in [0.717, 1.165) is 64.2 Å². The summed E-state index contributed by atoms with van der Waals surface area (Å²) in [7, 11) is -4.60. The minimum atomic E-state index is -4.60. The maximum Gasteiger partial charge on any atom is 0.306 e. The Labute approximate surface area is 307 Å². The van der Waals surface area contributed by atoms with Crippen molar-refractivity contribution in [1.29, 1.82) is 0 Å². The standard InChI is InChI=1S/C38H68O12S/c1-3-5-7-9-11-13-14-15-16-17-19-21-23-25-27-34(40)49-31(28-47-33(39)26-24-22-20-18-12-10-8-6-4-2)29-48-38-37(43)36(42)35(41)32(50-38)30-51(44,45)46/h9,11,14-15,31-32,35-38,41-43H,3-8,10,12-13,16-30H2,1-2H3,(H,44,45,46)/b11-9+,15-14+/t31-,32-,35-,36?,37?,38+/m1/s1. The van der Waals surface area contributed by atoms with E-state index >= 15 is 0 Å². The third kappa shape index (κ3) is 24.9. The molecule has 1 rings (SSSR count). The number of unbranched alkanes of at least 4 members (excludes halogenated alkanes) is 15. The highest BCUT2D eigenvalue weighted by atomic mass is 32.2. The van der Waals surface area contributed by atoms with Crippen LogP contribution in [0, 0.1) is 0 Å². The molecule has 0 aromatic rings. The lowest BCUT2D eigenvalue weighted by molar-refractivity contribution is -0.297. The summed E-state index contributed by atoms with van der Waals surface area (Å²) < 4.78 is 53.7. The van der Waals surface area contributed by atoms with Gasteiger partial charge in [0, 0.05) is 12.8 Å². The first-order valence-corrected chi connectivity index (χ1v) is 21.0. The number of aliphatic hydroxyl groups excluding tert-OH is 3. The van der Waals surface area contributed by atoms with Gasteiger partial charge in [-0.1, -0.05) is 122 Å². The van der Waals surface area contributed by atoms with Crippen LogP contribution in [0.25, 0.3) is 0 Å². The lowest BCUT2D eigenvalue weighted by Gasteiger charge is -2.40. The van der Waals surface area contributed by atoms with Crippen LogP contribution in [0.15, 0.2) is 24.3 Å². The van der Waals surface area contributed by atoms with Gasteiger partial charge < -0.3 is 34.3 Å². The highest BCUT2D eigenvalue weighted by Gasteiger charge is 2.46. The predicted octanol–water partition coefficient (Wildman–Crippen LogP) is 6.50. The van der Waals surface area contributed by atoms with Gasteiger partial charge in [-0.15, -0.1) is 0 Å². The number of carbonyl (C=O) groups excluding carboxylic acids is 2. The van der Waals surface area contributed by atoms with Crippen LogP contribution in [0.5, 0.6) is 0 Å². The van der Waals surface area contributed by atoms with Crippen molar-refractivity contribution in [3.05, 3.63) is 24.3 Å². The van der Waals surface area contributed by atoms with Crippen molar-refractivity contribution in [3.63, 3.8) is 0 Å². The van der Waals surface area contributed by atoms with Gasteiger partial charge in [0.15, 0.2) is 12.4 Å². The molecule has 0 aromatic heterocycles. The minimum absolute atomic E-state index is 0.150. The van der Waals surface area contributed by atoms with Crippen molar-refractivity contribution in [2.75, 3.05) is 19.0 Å². The minimum Gasteiger partial charge on any atom is -0.462 e. The van der Waals surface area contributed by atoms with Gasteiger partial charge >= 0.3 is 11.9 Å². The molecule has 0 saturated carbocycles. The van der Waals surface area contributed by atoms with Crippen LogP contribution in [0.3, 0.4) is 0 Å². The Balaban J connectivity index is 2.54. The summed E-state index contributed by atoms with van der Waals surface area (Å²) in [6, 6.07) is 0.